The number of rotatable bonds is 4. The van der Waals surface area contributed by atoms with E-state index < -0.39 is 0 Å². The van der Waals surface area contributed by atoms with Gasteiger partial charge in [0.25, 0.3) is 0 Å². The molecule has 70 valence electrons. The Balaban J connectivity index is 2.04. The Morgan fingerprint density at radius 2 is 2.33 bits per heavy atom. The molecule has 0 bridgehead atoms. The van der Waals surface area contributed by atoms with E-state index in [4.69, 9.17) is 0 Å². The molecule has 1 aliphatic rings. The van der Waals surface area contributed by atoms with Crippen molar-refractivity contribution in [1.82, 2.24) is 5.32 Å². The first-order valence-corrected chi connectivity index (χ1v) is 4.71. The molecule has 0 aliphatic heterocycles. The number of hydrogen-bond donors (Lipinski definition) is 2. The Morgan fingerprint density at radius 1 is 1.58 bits per heavy atom. The van der Waals surface area contributed by atoms with E-state index in [0.717, 1.165) is 25.9 Å². The molecule has 0 heterocycles. The molecule has 2 unspecified atom stereocenters. The predicted octanol–water partition coefficient (Wildman–Crippen LogP) is 1.31. The normalized spacial score (nSPS) is 29.2. The van der Waals surface area contributed by atoms with E-state index in [1.807, 2.05) is 6.92 Å². The molecule has 1 rings (SSSR count). The van der Waals surface area contributed by atoms with Crippen molar-refractivity contribution in [3.63, 3.8) is 0 Å². The highest BCUT2D eigenvalue weighted by Gasteiger charge is 2.21. The average molecular weight is 169 g/mol. The van der Waals surface area contributed by atoms with Crippen molar-refractivity contribution in [2.24, 2.45) is 5.92 Å². The van der Waals surface area contributed by atoms with Gasteiger partial charge in [0, 0.05) is 6.54 Å². The van der Waals surface area contributed by atoms with Gasteiger partial charge in [-0.15, -0.1) is 0 Å². The third kappa shape index (κ3) is 3.37. The molecule has 1 saturated carbocycles. The highest BCUT2D eigenvalue weighted by molar-refractivity contribution is 4.91. The molecule has 2 N–H and O–H groups in total. The Hall–Kier alpha value is -0.340. The summed E-state index contributed by atoms with van der Waals surface area (Å²) in [7, 11) is 0. The topological polar surface area (TPSA) is 32.3 Å². The summed E-state index contributed by atoms with van der Waals surface area (Å²) in [5, 5.41) is 12.6. The molecule has 1 aliphatic carbocycles. The molecule has 0 saturated heterocycles. The van der Waals surface area contributed by atoms with Gasteiger partial charge in [0.15, 0.2) is 0 Å². The lowest BCUT2D eigenvalue weighted by Gasteiger charge is -2.10. The maximum atomic E-state index is 9.26. The zero-order chi connectivity index (χ0) is 8.97. The fraction of sp³-hybridized carbons (Fsp3) is 0.800. The first kappa shape index (κ1) is 9.75. The van der Waals surface area contributed by atoms with E-state index >= 15 is 0 Å². The van der Waals surface area contributed by atoms with Gasteiger partial charge in [-0.1, -0.05) is 12.2 Å². The third-order valence-electron chi connectivity index (χ3n) is 2.37. The molecule has 2 nitrogen and oxygen atoms in total. The molecular formula is C10H19NO. The van der Waals surface area contributed by atoms with Crippen LogP contribution in [-0.2, 0) is 0 Å². The molecule has 0 aromatic rings. The number of aliphatic hydroxyl groups excluding tert-OH is 1. The summed E-state index contributed by atoms with van der Waals surface area (Å²) >= 11 is 0. The van der Waals surface area contributed by atoms with Crippen LogP contribution in [0.15, 0.2) is 12.2 Å². The molecule has 0 aromatic heterocycles. The molecule has 0 radical (unpaired) electrons. The number of aliphatic hydroxyl groups is 1. The third-order valence-corrected chi connectivity index (χ3v) is 2.37. The van der Waals surface area contributed by atoms with Gasteiger partial charge in [0.2, 0.25) is 0 Å². The van der Waals surface area contributed by atoms with Gasteiger partial charge in [0.1, 0.15) is 0 Å². The zero-order valence-corrected chi connectivity index (χ0v) is 7.84. The van der Waals surface area contributed by atoms with Crippen molar-refractivity contribution in [1.29, 1.82) is 0 Å². The summed E-state index contributed by atoms with van der Waals surface area (Å²) in [6.45, 7) is 7.79. The summed E-state index contributed by atoms with van der Waals surface area (Å²) in [5.41, 5.74) is 1.17. The van der Waals surface area contributed by atoms with Gasteiger partial charge in [-0.05, 0) is 38.6 Å². The number of nitrogens with one attached hydrogen (secondary N) is 1. The zero-order valence-electron chi connectivity index (χ0n) is 7.84. The molecular weight excluding hydrogens is 150 g/mol. The van der Waals surface area contributed by atoms with Crippen LogP contribution in [0.1, 0.15) is 26.2 Å². The second-order valence-electron chi connectivity index (χ2n) is 3.92. The van der Waals surface area contributed by atoms with Crippen LogP contribution in [0.5, 0.6) is 0 Å². The summed E-state index contributed by atoms with van der Waals surface area (Å²) in [6, 6.07) is 0. The molecule has 12 heavy (non-hydrogen) atoms. The Morgan fingerprint density at radius 3 is 2.83 bits per heavy atom. The second kappa shape index (κ2) is 4.63. The van der Waals surface area contributed by atoms with Gasteiger partial charge in [-0.2, -0.15) is 0 Å². The van der Waals surface area contributed by atoms with Crippen LogP contribution in [0.2, 0.25) is 0 Å². The SMILES string of the molecule is C=C(C)CNCC1CCC(O)C1. The summed E-state index contributed by atoms with van der Waals surface area (Å²) in [6.07, 6.45) is 3.09. The van der Waals surface area contributed by atoms with Crippen molar-refractivity contribution in [2.75, 3.05) is 13.1 Å². The Labute approximate surface area is 74.7 Å². The van der Waals surface area contributed by atoms with E-state index in [1.54, 1.807) is 0 Å². The predicted molar refractivity (Wildman–Crippen MR) is 51.0 cm³/mol. The molecule has 0 amide bonds. The van der Waals surface area contributed by atoms with Crippen LogP contribution >= 0.6 is 0 Å². The molecule has 0 spiro atoms. The van der Waals surface area contributed by atoms with Crippen molar-refractivity contribution in [2.45, 2.75) is 32.3 Å². The van der Waals surface area contributed by atoms with Crippen LogP contribution < -0.4 is 5.32 Å². The first-order chi connectivity index (χ1) is 5.68. The van der Waals surface area contributed by atoms with Crippen LogP contribution in [0.3, 0.4) is 0 Å². The lowest BCUT2D eigenvalue weighted by Crippen LogP contribution is -2.23. The van der Waals surface area contributed by atoms with Gasteiger partial charge in [0.05, 0.1) is 6.10 Å². The van der Waals surface area contributed by atoms with Gasteiger partial charge >= 0.3 is 0 Å². The van der Waals surface area contributed by atoms with E-state index in [2.05, 4.69) is 11.9 Å². The van der Waals surface area contributed by atoms with Gasteiger partial charge in [-0.3, -0.25) is 0 Å². The standard InChI is InChI=1S/C10H19NO/c1-8(2)6-11-7-9-3-4-10(12)5-9/h9-12H,1,3-7H2,2H3. The lowest BCUT2D eigenvalue weighted by molar-refractivity contribution is 0.177. The Bertz CT molecular complexity index is 156. The monoisotopic (exact) mass is 169 g/mol. The fourth-order valence-electron chi connectivity index (χ4n) is 1.72. The molecule has 1 fully saturated rings. The number of hydrogen-bond acceptors (Lipinski definition) is 2. The van der Waals surface area contributed by atoms with Crippen LogP contribution in [-0.4, -0.2) is 24.3 Å². The largest absolute Gasteiger partial charge is 0.393 e. The second-order valence-corrected chi connectivity index (χ2v) is 3.92. The highest BCUT2D eigenvalue weighted by atomic mass is 16.3. The van der Waals surface area contributed by atoms with Crippen LogP contribution in [0.4, 0.5) is 0 Å². The van der Waals surface area contributed by atoms with Crippen molar-refractivity contribution in [3.05, 3.63) is 12.2 Å². The minimum atomic E-state index is -0.0402. The molecule has 2 atom stereocenters. The summed E-state index contributed by atoms with van der Waals surface area (Å²) in [4.78, 5) is 0. The summed E-state index contributed by atoms with van der Waals surface area (Å²) < 4.78 is 0. The Kier molecular flexibility index (Phi) is 3.76. The van der Waals surface area contributed by atoms with E-state index in [1.165, 1.54) is 12.0 Å². The van der Waals surface area contributed by atoms with Crippen molar-refractivity contribution >= 4 is 0 Å². The quantitative estimate of drug-likeness (QED) is 0.622. The first-order valence-electron chi connectivity index (χ1n) is 4.71. The average Bonchev–Trinajstić information content (AvgIpc) is 2.35. The molecule has 2 heteroatoms. The van der Waals surface area contributed by atoms with Gasteiger partial charge in [-0.25, -0.2) is 0 Å². The van der Waals surface area contributed by atoms with Crippen LogP contribution in [0.25, 0.3) is 0 Å². The molecule has 0 aromatic carbocycles. The van der Waals surface area contributed by atoms with Crippen molar-refractivity contribution in [3.8, 4) is 0 Å². The minimum Gasteiger partial charge on any atom is -0.393 e. The van der Waals surface area contributed by atoms with Gasteiger partial charge < -0.3 is 10.4 Å². The fourth-order valence-corrected chi connectivity index (χ4v) is 1.72. The lowest BCUT2D eigenvalue weighted by atomic mass is 10.1. The van der Waals surface area contributed by atoms with E-state index in [9.17, 15) is 5.11 Å². The van der Waals surface area contributed by atoms with Crippen molar-refractivity contribution < 1.29 is 5.11 Å². The minimum absolute atomic E-state index is 0.0402. The maximum Gasteiger partial charge on any atom is 0.0543 e. The highest BCUT2D eigenvalue weighted by Crippen LogP contribution is 2.24. The van der Waals surface area contributed by atoms with E-state index in [0.29, 0.717) is 5.92 Å². The maximum absolute atomic E-state index is 9.26. The van der Waals surface area contributed by atoms with Crippen LogP contribution in [0, 0.1) is 5.92 Å². The van der Waals surface area contributed by atoms with E-state index in [-0.39, 0.29) is 6.10 Å². The summed E-state index contributed by atoms with van der Waals surface area (Å²) in [5.74, 6) is 0.680. The smallest absolute Gasteiger partial charge is 0.0543 e.